The van der Waals surface area contributed by atoms with Crippen LogP contribution in [-0.4, -0.2) is 57.8 Å². The molecule has 1 saturated heterocycles. The quantitative estimate of drug-likeness (QED) is 0.350. The van der Waals surface area contributed by atoms with Gasteiger partial charge in [-0.1, -0.05) is 29.4 Å². The number of piperazine rings is 1. The number of rotatable bonds is 7. The van der Waals surface area contributed by atoms with Crippen molar-refractivity contribution in [2.45, 2.75) is 24.0 Å². The SMILES string of the molecule is O=C(CCSc1ccccc1F)N1CCN(Cc2nc(-c3cccc(C(F)(F)F)c3)no2)CC1. The van der Waals surface area contributed by atoms with Gasteiger partial charge in [-0.15, -0.1) is 11.8 Å². The molecule has 6 nitrogen and oxygen atoms in total. The van der Waals surface area contributed by atoms with E-state index in [-0.39, 0.29) is 23.1 Å². The van der Waals surface area contributed by atoms with Crippen LogP contribution in [0.15, 0.2) is 57.9 Å². The lowest BCUT2D eigenvalue weighted by Gasteiger charge is -2.34. The molecule has 0 saturated carbocycles. The lowest BCUT2D eigenvalue weighted by atomic mass is 10.1. The molecule has 1 aromatic heterocycles. The molecular weight excluding hydrogens is 472 g/mol. The van der Waals surface area contributed by atoms with Crippen LogP contribution in [0.25, 0.3) is 11.4 Å². The number of hydrogen-bond acceptors (Lipinski definition) is 6. The van der Waals surface area contributed by atoms with Gasteiger partial charge in [-0.2, -0.15) is 18.2 Å². The second kappa shape index (κ2) is 10.6. The summed E-state index contributed by atoms with van der Waals surface area (Å²) < 4.78 is 57.7. The molecule has 34 heavy (non-hydrogen) atoms. The van der Waals surface area contributed by atoms with Gasteiger partial charge in [-0.3, -0.25) is 9.69 Å². The molecule has 11 heteroatoms. The zero-order valence-corrected chi connectivity index (χ0v) is 18.9. The van der Waals surface area contributed by atoms with Crippen LogP contribution in [0.1, 0.15) is 17.9 Å². The third-order valence-corrected chi connectivity index (χ3v) is 6.46. The summed E-state index contributed by atoms with van der Waals surface area (Å²) >= 11 is 1.32. The van der Waals surface area contributed by atoms with Crippen molar-refractivity contribution in [3.05, 3.63) is 65.8 Å². The number of hydrogen-bond donors (Lipinski definition) is 0. The summed E-state index contributed by atoms with van der Waals surface area (Å²) in [6.45, 7) is 2.63. The van der Waals surface area contributed by atoms with E-state index in [4.69, 9.17) is 4.52 Å². The van der Waals surface area contributed by atoms with Crippen molar-refractivity contribution in [2.24, 2.45) is 0 Å². The minimum absolute atomic E-state index is 0.0214. The van der Waals surface area contributed by atoms with Crippen LogP contribution < -0.4 is 0 Å². The molecule has 0 bridgehead atoms. The molecule has 0 spiro atoms. The predicted octanol–water partition coefficient (Wildman–Crippen LogP) is 4.72. The highest BCUT2D eigenvalue weighted by Crippen LogP contribution is 2.31. The Morgan fingerprint density at radius 2 is 1.82 bits per heavy atom. The molecule has 1 amide bonds. The highest BCUT2D eigenvalue weighted by atomic mass is 32.2. The van der Waals surface area contributed by atoms with E-state index in [0.29, 0.717) is 55.7 Å². The van der Waals surface area contributed by atoms with Gasteiger partial charge < -0.3 is 9.42 Å². The molecule has 0 radical (unpaired) electrons. The fourth-order valence-corrected chi connectivity index (χ4v) is 4.46. The second-order valence-electron chi connectivity index (χ2n) is 7.78. The number of carbonyl (C=O) groups excluding carboxylic acids is 1. The van der Waals surface area contributed by atoms with E-state index in [1.807, 2.05) is 4.90 Å². The Balaban J connectivity index is 1.24. The Morgan fingerprint density at radius 3 is 2.56 bits per heavy atom. The molecule has 1 aliphatic rings. The number of alkyl halides is 3. The number of thioether (sulfide) groups is 1. The number of nitrogens with zero attached hydrogens (tertiary/aromatic N) is 4. The summed E-state index contributed by atoms with van der Waals surface area (Å²) in [5.41, 5.74) is -0.544. The molecule has 2 heterocycles. The van der Waals surface area contributed by atoms with Gasteiger partial charge in [0.2, 0.25) is 17.6 Å². The van der Waals surface area contributed by atoms with Gasteiger partial charge in [0.05, 0.1) is 12.1 Å². The van der Waals surface area contributed by atoms with Crippen LogP contribution in [0.5, 0.6) is 0 Å². The number of aromatic nitrogens is 2. The maximum absolute atomic E-state index is 13.7. The van der Waals surface area contributed by atoms with Gasteiger partial charge in [0, 0.05) is 48.8 Å². The number of amides is 1. The fourth-order valence-electron chi connectivity index (χ4n) is 3.59. The van der Waals surface area contributed by atoms with Crippen molar-refractivity contribution in [3.8, 4) is 11.4 Å². The summed E-state index contributed by atoms with van der Waals surface area (Å²) in [4.78, 5) is 21.1. The molecule has 0 N–H and O–H groups in total. The summed E-state index contributed by atoms with van der Waals surface area (Å²) in [6, 6.07) is 11.3. The second-order valence-corrected chi connectivity index (χ2v) is 8.91. The summed E-state index contributed by atoms with van der Waals surface area (Å²) in [7, 11) is 0. The van der Waals surface area contributed by atoms with Crippen LogP contribution in [0, 0.1) is 5.82 Å². The van der Waals surface area contributed by atoms with Gasteiger partial charge in [-0.25, -0.2) is 4.39 Å². The molecule has 1 fully saturated rings. The van der Waals surface area contributed by atoms with E-state index in [9.17, 15) is 22.4 Å². The summed E-state index contributed by atoms with van der Waals surface area (Å²) in [5.74, 6) is 0.634. The smallest absolute Gasteiger partial charge is 0.340 e. The van der Waals surface area contributed by atoms with Crippen LogP contribution in [0.4, 0.5) is 17.6 Å². The van der Waals surface area contributed by atoms with Crippen LogP contribution >= 0.6 is 11.8 Å². The van der Waals surface area contributed by atoms with E-state index in [1.165, 1.54) is 30.0 Å². The van der Waals surface area contributed by atoms with Gasteiger partial charge in [0.1, 0.15) is 5.82 Å². The monoisotopic (exact) mass is 494 g/mol. The number of carbonyl (C=O) groups is 1. The summed E-state index contributed by atoms with van der Waals surface area (Å²) in [6.07, 6.45) is -4.13. The first-order chi connectivity index (χ1) is 16.3. The van der Waals surface area contributed by atoms with Crippen molar-refractivity contribution in [2.75, 3.05) is 31.9 Å². The Bertz CT molecular complexity index is 1130. The van der Waals surface area contributed by atoms with Crippen molar-refractivity contribution in [1.82, 2.24) is 19.9 Å². The highest BCUT2D eigenvalue weighted by Gasteiger charge is 2.31. The van der Waals surface area contributed by atoms with E-state index >= 15 is 0 Å². The highest BCUT2D eigenvalue weighted by molar-refractivity contribution is 7.99. The number of halogens is 4. The molecule has 0 atom stereocenters. The molecule has 0 unspecified atom stereocenters. The Kier molecular flexibility index (Phi) is 7.52. The Labute approximate surface area is 197 Å². The van der Waals surface area contributed by atoms with Crippen LogP contribution in [-0.2, 0) is 17.5 Å². The summed E-state index contributed by atoms with van der Waals surface area (Å²) in [5, 5.41) is 3.81. The first-order valence-electron chi connectivity index (χ1n) is 10.7. The van der Waals surface area contributed by atoms with Gasteiger partial charge in [-0.05, 0) is 24.3 Å². The first kappa shape index (κ1) is 24.2. The minimum atomic E-state index is -4.45. The lowest BCUT2D eigenvalue weighted by molar-refractivity contribution is -0.137. The molecule has 4 rings (SSSR count). The molecule has 1 aliphatic heterocycles. The third-order valence-electron chi connectivity index (χ3n) is 5.41. The normalized spacial score (nSPS) is 15.0. The maximum atomic E-state index is 13.7. The van der Waals surface area contributed by atoms with E-state index < -0.39 is 11.7 Å². The zero-order chi connectivity index (χ0) is 24.1. The molecule has 180 valence electrons. The van der Waals surface area contributed by atoms with Crippen molar-refractivity contribution >= 4 is 17.7 Å². The van der Waals surface area contributed by atoms with Gasteiger partial charge in [0.25, 0.3) is 0 Å². The maximum Gasteiger partial charge on any atom is 0.416 e. The van der Waals surface area contributed by atoms with E-state index in [1.54, 1.807) is 23.1 Å². The first-order valence-corrected chi connectivity index (χ1v) is 11.7. The largest absolute Gasteiger partial charge is 0.416 e. The van der Waals surface area contributed by atoms with E-state index in [2.05, 4.69) is 10.1 Å². The molecule has 3 aromatic rings. The zero-order valence-electron chi connectivity index (χ0n) is 18.1. The molecule has 0 aliphatic carbocycles. The van der Waals surface area contributed by atoms with Crippen LogP contribution in [0.3, 0.4) is 0 Å². The average Bonchev–Trinajstić information content (AvgIpc) is 3.29. The standard InChI is InChI=1S/C23H22F4N4O2S/c24-18-6-1-2-7-19(18)34-13-8-21(32)31-11-9-30(10-12-31)15-20-28-22(29-33-20)16-4-3-5-17(14-16)23(25,26)27/h1-7,14H,8-13,15H2. The molecule has 2 aromatic carbocycles. The third kappa shape index (κ3) is 6.15. The lowest BCUT2D eigenvalue weighted by Crippen LogP contribution is -2.48. The van der Waals surface area contributed by atoms with Crippen molar-refractivity contribution in [1.29, 1.82) is 0 Å². The molecular formula is C23H22F4N4O2S. The number of benzene rings is 2. The Hall–Kier alpha value is -2.92. The van der Waals surface area contributed by atoms with Crippen molar-refractivity contribution in [3.63, 3.8) is 0 Å². The Morgan fingerprint density at radius 1 is 1.06 bits per heavy atom. The predicted molar refractivity (Wildman–Crippen MR) is 118 cm³/mol. The van der Waals surface area contributed by atoms with Gasteiger partial charge >= 0.3 is 6.18 Å². The van der Waals surface area contributed by atoms with Crippen molar-refractivity contribution < 1.29 is 26.9 Å². The van der Waals surface area contributed by atoms with E-state index in [0.717, 1.165) is 12.1 Å². The van der Waals surface area contributed by atoms with Crippen LogP contribution in [0.2, 0.25) is 0 Å². The fraction of sp³-hybridized carbons (Fsp3) is 0.348. The topological polar surface area (TPSA) is 62.5 Å². The minimum Gasteiger partial charge on any atom is -0.340 e. The average molecular weight is 495 g/mol. The van der Waals surface area contributed by atoms with Gasteiger partial charge in [0.15, 0.2) is 0 Å².